The first kappa shape index (κ1) is 47.0. The van der Waals surface area contributed by atoms with Crippen molar-refractivity contribution in [2.75, 3.05) is 86.3 Å². The second kappa shape index (κ2) is 23.3. The fourth-order valence-corrected chi connectivity index (χ4v) is 7.13. The van der Waals surface area contributed by atoms with E-state index in [1.165, 1.54) is 18.2 Å². The number of hydrogen-bond donors (Lipinski definition) is 8. The van der Waals surface area contributed by atoms with Gasteiger partial charge in [-0.2, -0.15) is 38.3 Å². The van der Waals surface area contributed by atoms with E-state index in [1.54, 1.807) is 30.3 Å². The van der Waals surface area contributed by atoms with Crippen molar-refractivity contribution < 1.29 is 27.6 Å². The van der Waals surface area contributed by atoms with E-state index in [2.05, 4.69) is 76.6 Å². The molecule has 0 bridgehead atoms. The third-order valence-electron chi connectivity index (χ3n) is 8.88. The van der Waals surface area contributed by atoms with Crippen molar-refractivity contribution in [1.29, 1.82) is 0 Å². The zero-order valence-corrected chi connectivity index (χ0v) is 37.2. The van der Waals surface area contributed by atoms with E-state index in [0.29, 0.717) is 59.1 Å². The van der Waals surface area contributed by atoms with Gasteiger partial charge in [0.05, 0.1) is 12.0 Å². The highest BCUT2D eigenvalue weighted by Crippen LogP contribution is 2.32. The van der Waals surface area contributed by atoms with Gasteiger partial charge in [0, 0.05) is 40.7 Å². The molecule has 6 aromatic rings. The molecule has 2 heterocycles. The summed E-state index contributed by atoms with van der Waals surface area (Å²) in [6.07, 6.45) is 4.84. The smallest absolute Gasteiger partial charge is 0.295 e. The van der Waals surface area contributed by atoms with Crippen molar-refractivity contribution >= 4 is 92.8 Å². The van der Waals surface area contributed by atoms with Crippen LogP contribution in [0.5, 0.6) is 0 Å². The van der Waals surface area contributed by atoms with Crippen LogP contribution >= 0.6 is 12.0 Å². The van der Waals surface area contributed by atoms with E-state index >= 15 is 0 Å². The number of para-hydroxylation sites is 2. The molecule has 0 unspecified atom stereocenters. The van der Waals surface area contributed by atoms with Gasteiger partial charge in [-0.1, -0.05) is 65.7 Å². The van der Waals surface area contributed by atoms with E-state index in [0.717, 1.165) is 37.3 Å². The molecule has 336 valence electrons. The molecule has 4 aromatic carbocycles. The molecule has 2 aromatic heterocycles. The van der Waals surface area contributed by atoms with Gasteiger partial charge in [-0.3, -0.25) is 4.55 Å². The van der Waals surface area contributed by atoms with E-state index in [-0.39, 0.29) is 34.0 Å². The summed E-state index contributed by atoms with van der Waals surface area (Å²) in [5.74, 6) is 1.60. The lowest BCUT2D eigenvalue weighted by molar-refractivity contribution is -0.432. The molecule has 0 saturated heterocycles. The van der Waals surface area contributed by atoms with Gasteiger partial charge >= 0.3 is 0 Å². The van der Waals surface area contributed by atoms with Crippen LogP contribution < -0.4 is 31.9 Å². The first-order valence-corrected chi connectivity index (χ1v) is 22.1. The van der Waals surface area contributed by atoms with Crippen molar-refractivity contribution in [2.45, 2.75) is 22.6 Å². The van der Waals surface area contributed by atoms with Gasteiger partial charge in [-0.05, 0) is 114 Å². The minimum atomic E-state index is -4.73. The van der Waals surface area contributed by atoms with Crippen LogP contribution in [-0.2, 0) is 19.5 Å². The number of anilines is 10. The Morgan fingerprint density at radius 1 is 0.578 bits per heavy atom. The van der Waals surface area contributed by atoms with Gasteiger partial charge < -0.3 is 41.7 Å². The third kappa shape index (κ3) is 15.1. The quantitative estimate of drug-likeness (QED) is 0.00727. The first-order chi connectivity index (χ1) is 30.9. The fraction of sp³-hybridized carbons (Fsp3) is 0.238. The minimum absolute atomic E-state index is 0.128. The van der Waals surface area contributed by atoms with Gasteiger partial charge in [0.1, 0.15) is 4.90 Å². The Hall–Kier alpha value is -6.50. The summed E-state index contributed by atoms with van der Waals surface area (Å²) in [5, 5.41) is 32.0. The summed E-state index contributed by atoms with van der Waals surface area (Å²) in [5.41, 5.74) is 3.08. The molecule has 0 aliphatic heterocycles. The number of aromatic nitrogens is 6. The highest BCUT2D eigenvalue weighted by molar-refractivity contribution is 7.94. The highest BCUT2D eigenvalue weighted by atomic mass is 32.2. The van der Waals surface area contributed by atoms with E-state index in [9.17, 15) is 13.0 Å². The molecule has 0 atom stereocenters. The van der Waals surface area contributed by atoms with Gasteiger partial charge in [0.2, 0.25) is 35.7 Å². The molecule has 0 radical (unpaired) electrons. The van der Waals surface area contributed by atoms with Crippen LogP contribution in [0.3, 0.4) is 0 Å². The van der Waals surface area contributed by atoms with Crippen molar-refractivity contribution in [3.05, 3.63) is 108 Å². The average molecular weight is 911 g/mol. The van der Waals surface area contributed by atoms with Gasteiger partial charge in [0.25, 0.3) is 10.1 Å². The van der Waals surface area contributed by atoms with Gasteiger partial charge in [0.15, 0.2) is 0 Å². The minimum Gasteiger partial charge on any atom is -0.354 e. The molecule has 0 fully saturated rings. The van der Waals surface area contributed by atoms with Crippen LogP contribution in [0.15, 0.2) is 107 Å². The molecule has 6 rings (SSSR count). The second-order valence-corrected chi connectivity index (χ2v) is 16.7. The van der Waals surface area contributed by atoms with Crippen LogP contribution in [0.4, 0.5) is 58.4 Å². The van der Waals surface area contributed by atoms with Crippen molar-refractivity contribution in [3.8, 4) is 0 Å². The molecule has 0 aliphatic rings. The zero-order chi connectivity index (χ0) is 45.3. The molecule has 20 nitrogen and oxygen atoms in total. The summed E-state index contributed by atoms with van der Waals surface area (Å²) >= 11 is 0.700. The maximum atomic E-state index is 12.8. The Kier molecular flexibility index (Phi) is 17.1. The Balaban J connectivity index is 1.23. The lowest BCUT2D eigenvalue weighted by Crippen LogP contribution is -2.17. The lowest BCUT2D eigenvalue weighted by atomic mass is 10.1. The fourth-order valence-electron chi connectivity index (χ4n) is 5.91. The molecule has 64 heavy (non-hydrogen) atoms. The Morgan fingerprint density at radius 2 is 1.00 bits per heavy atom. The van der Waals surface area contributed by atoms with Crippen molar-refractivity contribution in [2.24, 2.45) is 0 Å². The van der Waals surface area contributed by atoms with Gasteiger partial charge in [-0.15, -0.1) is 4.33 Å². The standard InChI is InChI=1S/C42H50N14O6S2/c1-55(2)25-11-23-43-37-49-39(45-31-13-7-5-8-14-31)53-41(51-37)47-33-21-19-29(35(27-33)63-62-61-57)17-18-30-20-22-34(28-36(30)64(58,59)60)48-42-52-38(44-24-12-26-56(3)4)50-40(54-42)46-32-15-9-6-10-16-32/h5-10,13-22,27-28,57H,11-12,23-26H2,1-4H3,(H,58,59,60)(H3,43,45,47,49,51,53)(H3,44,46,48,50,52,54)/b18-17+. The number of nitrogens with zero attached hydrogens (tertiary/aromatic N) is 8. The Bertz CT molecular complexity index is 2580. The van der Waals surface area contributed by atoms with Crippen molar-refractivity contribution in [3.63, 3.8) is 0 Å². The molecular weight excluding hydrogens is 861 g/mol. The lowest BCUT2D eigenvalue weighted by Gasteiger charge is -2.14. The number of nitrogens with one attached hydrogen (secondary N) is 6. The molecule has 0 amide bonds. The zero-order valence-electron chi connectivity index (χ0n) is 35.6. The van der Waals surface area contributed by atoms with E-state index in [4.69, 9.17) is 9.59 Å². The van der Waals surface area contributed by atoms with Crippen LogP contribution in [0.25, 0.3) is 12.2 Å². The highest BCUT2D eigenvalue weighted by Gasteiger charge is 2.17. The maximum Gasteiger partial charge on any atom is 0.295 e. The number of rotatable bonds is 24. The summed E-state index contributed by atoms with van der Waals surface area (Å²) in [6.45, 7) is 2.97. The first-order valence-electron chi connectivity index (χ1n) is 20.0. The number of benzene rings is 4. The topological polar surface area (TPSA) is 249 Å². The maximum absolute atomic E-state index is 12.8. The molecule has 0 aliphatic carbocycles. The monoisotopic (exact) mass is 910 g/mol. The summed E-state index contributed by atoms with van der Waals surface area (Å²) in [7, 11) is 3.27. The van der Waals surface area contributed by atoms with E-state index in [1.807, 2.05) is 88.9 Å². The average Bonchev–Trinajstić information content (AvgIpc) is 3.26. The largest absolute Gasteiger partial charge is 0.354 e. The summed E-state index contributed by atoms with van der Waals surface area (Å²) in [4.78, 5) is 31.4. The molecule has 0 spiro atoms. The van der Waals surface area contributed by atoms with Crippen LogP contribution in [0.1, 0.15) is 24.0 Å². The summed E-state index contributed by atoms with van der Waals surface area (Å²) < 4.78 is 40.7. The normalized spacial score (nSPS) is 11.6. The molecule has 22 heteroatoms. The van der Waals surface area contributed by atoms with Crippen LogP contribution in [0, 0.1) is 0 Å². The predicted octanol–water partition coefficient (Wildman–Crippen LogP) is 7.60. The second-order valence-electron chi connectivity index (χ2n) is 14.6. The molecule has 0 saturated carbocycles. The van der Waals surface area contributed by atoms with Gasteiger partial charge in [-0.25, -0.2) is 5.26 Å². The Labute approximate surface area is 375 Å². The Morgan fingerprint density at radius 3 is 1.45 bits per heavy atom. The SMILES string of the molecule is CN(C)CCCNc1nc(Nc2ccccc2)nc(Nc2ccc(/C=C/c3ccc(Nc4nc(NCCCN(C)C)nc(Nc5ccccc5)n4)cc3S(=O)(=O)O)c(SOOO)c2)n1. The third-order valence-corrected chi connectivity index (χ3v) is 10.4. The van der Waals surface area contributed by atoms with Crippen molar-refractivity contribution in [1.82, 2.24) is 39.7 Å². The summed E-state index contributed by atoms with van der Waals surface area (Å²) in [6, 6.07) is 28.5. The predicted molar refractivity (Wildman–Crippen MR) is 251 cm³/mol. The molecular formula is C42H50N14O6S2. The molecule has 8 N–H and O–H groups in total. The van der Waals surface area contributed by atoms with E-state index < -0.39 is 10.1 Å². The van der Waals surface area contributed by atoms with Crippen LogP contribution in [0.2, 0.25) is 0 Å². The number of hydrogen-bond acceptors (Lipinski definition) is 20. The van der Waals surface area contributed by atoms with Crippen LogP contribution in [-0.4, -0.2) is 112 Å².